The van der Waals surface area contributed by atoms with Crippen LogP contribution in [-0.2, 0) is 0 Å². The average Bonchev–Trinajstić information content (AvgIpc) is 3.64. The fraction of sp³-hybridized carbons (Fsp3) is 0. The van der Waals surface area contributed by atoms with Crippen molar-refractivity contribution in [2.24, 2.45) is 0 Å². The van der Waals surface area contributed by atoms with Gasteiger partial charge in [-0.05, 0) is 60.9 Å². The lowest BCUT2D eigenvalue weighted by Gasteiger charge is -2.34. The standard InChI is InChI=1S/C60H38O2/c61-59-48-38-22-21-37-47(48)52(44-33-17-6-18-34-44)57(59)54(49(39-23-7-1-8-24-39)40-25-9-2-10-26-40)53-46-36-20-19-35-45(46)51(43-31-15-5-16-32-43)55-56(60(62)58(53)55)50(41-27-11-3-12-28-41)42-29-13-4-14-30-42/h1-38H. The summed E-state index contributed by atoms with van der Waals surface area (Å²) in [4.78, 5) is 31.6. The Hall–Kier alpha value is -8.20. The van der Waals surface area contributed by atoms with E-state index in [1.54, 1.807) is 0 Å². The van der Waals surface area contributed by atoms with Crippen LogP contribution in [0.25, 0.3) is 49.8 Å². The zero-order valence-corrected chi connectivity index (χ0v) is 33.8. The van der Waals surface area contributed by atoms with Crippen LogP contribution in [0.4, 0.5) is 0 Å². The second kappa shape index (κ2) is 15.4. The van der Waals surface area contributed by atoms with Crippen LogP contribution in [-0.4, -0.2) is 11.6 Å². The van der Waals surface area contributed by atoms with Gasteiger partial charge in [0.05, 0.1) is 0 Å². The predicted octanol–water partition coefficient (Wildman–Crippen LogP) is 14.3. The highest BCUT2D eigenvalue weighted by molar-refractivity contribution is 6.50. The first-order valence-electron chi connectivity index (χ1n) is 21.0. The summed E-state index contributed by atoms with van der Waals surface area (Å²) in [7, 11) is 0. The summed E-state index contributed by atoms with van der Waals surface area (Å²) < 4.78 is 0. The van der Waals surface area contributed by atoms with E-state index in [0.29, 0.717) is 22.3 Å². The SMILES string of the molecule is O=C1C(C(=C(c2ccccc2)c2ccccc2)c2c3c(c(-c4ccccc4)c4ccccc24)C(=C(c2ccccc2)c2ccccc2)C3=O)=C(c2ccccc2)c2ccccc21. The lowest BCUT2D eigenvalue weighted by atomic mass is 9.66. The molecule has 0 heterocycles. The van der Waals surface area contributed by atoms with Gasteiger partial charge in [0, 0.05) is 50.1 Å². The number of hydrogen-bond donors (Lipinski definition) is 0. The van der Waals surface area contributed by atoms with Gasteiger partial charge in [0.15, 0.2) is 11.6 Å². The Labute approximate surface area is 361 Å². The molecule has 0 fully saturated rings. The monoisotopic (exact) mass is 790 g/mol. The van der Waals surface area contributed by atoms with E-state index in [9.17, 15) is 0 Å². The van der Waals surface area contributed by atoms with Crippen molar-refractivity contribution >= 4 is 50.2 Å². The third-order valence-corrected chi connectivity index (χ3v) is 12.2. The van der Waals surface area contributed by atoms with E-state index in [1.807, 2.05) is 121 Å². The Balaban J connectivity index is 1.39. The minimum Gasteiger partial charge on any atom is -0.289 e. The average molecular weight is 791 g/mol. The van der Waals surface area contributed by atoms with Gasteiger partial charge in [-0.3, -0.25) is 9.59 Å². The maximum atomic E-state index is 16.0. The number of rotatable bonds is 8. The molecule has 290 valence electrons. The van der Waals surface area contributed by atoms with Gasteiger partial charge in [-0.25, -0.2) is 0 Å². The molecule has 0 amide bonds. The second-order valence-corrected chi connectivity index (χ2v) is 15.7. The number of ketones is 2. The van der Waals surface area contributed by atoms with Crippen molar-refractivity contribution in [3.8, 4) is 11.1 Å². The van der Waals surface area contributed by atoms with Crippen LogP contribution in [0.5, 0.6) is 0 Å². The predicted molar refractivity (Wildman–Crippen MR) is 255 cm³/mol. The van der Waals surface area contributed by atoms with Gasteiger partial charge < -0.3 is 0 Å². The molecule has 0 aromatic heterocycles. The molecule has 0 saturated carbocycles. The second-order valence-electron chi connectivity index (χ2n) is 15.7. The van der Waals surface area contributed by atoms with Gasteiger partial charge in [0.1, 0.15) is 0 Å². The number of benzene rings is 9. The zero-order chi connectivity index (χ0) is 41.6. The van der Waals surface area contributed by atoms with Gasteiger partial charge in [-0.1, -0.05) is 231 Å². The minimum absolute atomic E-state index is 0.0524. The molecule has 0 atom stereocenters. The van der Waals surface area contributed by atoms with E-state index < -0.39 is 0 Å². The highest BCUT2D eigenvalue weighted by Crippen LogP contribution is 2.57. The Morgan fingerprint density at radius 1 is 0.306 bits per heavy atom. The Bertz CT molecular complexity index is 3220. The minimum atomic E-state index is -0.0689. The lowest BCUT2D eigenvalue weighted by Crippen LogP contribution is -2.25. The first-order chi connectivity index (χ1) is 30.7. The molecule has 62 heavy (non-hydrogen) atoms. The fourth-order valence-electron chi connectivity index (χ4n) is 9.62. The molecular formula is C60H38O2. The Kier molecular flexibility index (Phi) is 9.17. The van der Waals surface area contributed by atoms with Crippen molar-refractivity contribution in [2.45, 2.75) is 0 Å². The Morgan fingerprint density at radius 3 is 1.26 bits per heavy atom. The summed E-state index contributed by atoms with van der Waals surface area (Å²) in [6.45, 7) is 0. The summed E-state index contributed by atoms with van der Waals surface area (Å²) in [5.41, 5.74) is 15.1. The van der Waals surface area contributed by atoms with Crippen LogP contribution in [0.2, 0.25) is 0 Å². The van der Waals surface area contributed by atoms with Crippen LogP contribution in [0.15, 0.2) is 236 Å². The van der Waals surface area contributed by atoms with Crippen LogP contribution >= 0.6 is 0 Å². The van der Waals surface area contributed by atoms with E-state index >= 15 is 9.59 Å². The van der Waals surface area contributed by atoms with E-state index in [2.05, 4.69) is 109 Å². The molecule has 2 nitrogen and oxygen atoms in total. The van der Waals surface area contributed by atoms with Crippen LogP contribution < -0.4 is 0 Å². The van der Waals surface area contributed by atoms with Crippen molar-refractivity contribution in [3.05, 3.63) is 292 Å². The summed E-state index contributed by atoms with van der Waals surface area (Å²) in [6, 6.07) is 78.1. The number of carbonyl (C=O) groups excluding carboxylic acids is 2. The molecule has 2 heteroatoms. The molecule has 2 aliphatic carbocycles. The largest absolute Gasteiger partial charge is 0.289 e. The first kappa shape index (κ1) is 36.8. The molecule has 0 N–H and O–H groups in total. The maximum Gasteiger partial charge on any atom is 0.195 e. The summed E-state index contributed by atoms with van der Waals surface area (Å²) in [5.74, 6) is -0.121. The normalized spacial score (nSPS) is 12.8. The molecule has 0 spiro atoms. The molecule has 9 aromatic carbocycles. The number of allylic oxidation sites excluding steroid dienone is 3. The summed E-state index contributed by atoms with van der Waals surface area (Å²) >= 11 is 0. The van der Waals surface area contributed by atoms with Crippen molar-refractivity contribution in [1.29, 1.82) is 0 Å². The van der Waals surface area contributed by atoms with E-state index in [4.69, 9.17) is 0 Å². The fourth-order valence-corrected chi connectivity index (χ4v) is 9.62. The number of fused-ring (bicyclic) bond motifs is 3. The molecule has 0 saturated heterocycles. The van der Waals surface area contributed by atoms with Gasteiger partial charge in [0.2, 0.25) is 0 Å². The molecule has 2 aliphatic rings. The van der Waals surface area contributed by atoms with Crippen molar-refractivity contribution in [2.75, 3.05) is 0 Å². The van der Waals surface area contributed by atoms with Crippen LogP contribution in [0.3, 0.4) is 0 Å². The van der Waals surface area contributed by atoms with Crippen molar-refractivity contribution in [3.63, 3.8) is 0 Å². The first-order valence-corrected chi connectivity index (χ1v) is 21.0. The molecule has 0 bridgehead atoms. The molecule has 0 radical (unpaired) electrons. The quantitative estimate of drug-likeness (QED) is 0.113. The van der Waals surface area contributed by atoms with Gasteiger partial charge in [0.25, 0.3) is 0 Å². The smallest absolute Gasteiger partial charge is 0.195 e. The highest BCUT2D eigenvalue weighted by atomic mass is 16.1. The van der Waals surface area contributed by atoms with E-state index in [0.717, 1.165) is 88.7 Å². The lowest BCUT2D eigenvalue weighted by molar-refractivity contribution is 0.103. The van der Waals surface area contributed by atoms with Gasteiger partial charge >= 0.3 is 0 Å². The van der Waals surface area contributed by atoms with Gasteiger partial charge in [-0.15, -0.1) is 0 Å². The third kappa shape index (κ3) is 5.96. The summed E-state index contributed by atoms with van der Waals surface area (Å²) in [6.07, 6.45) is 0. The van der Waals surface area contributed by atoms with Crippen LogP contribution in [0, 0.1) is 0 Å². The molecule has 11 rings (SSSR count). The zero-order valence-electron chi connectivity index (χ0n) is 33.8. The number of carbonyl (C=O) groups is 2. The van der Waals surface area contributed by atoms with Crippen LogP contribution in [0.1, 0.15) is 65.2 Å². The van der Waals surface area contributed by atoms with E-state index in [1.165, 1.54) is 0 Å². The number of hydrogen-bond acceptors (Lipinski definition) is 2. The molecule has 9 aromatic rings. The van der Waals surface area contributed by atoms with E-state index in [-0.39, 0.29) is 11.6 Å². The van der Waals surface area contributed by atoms with Crippen molar-refractivity contribution < 1.29 is 9.59 Å². The topological polar surface area (TPSA) is 34.1 Å². The highest BCUT2D eigenvalue weighted by Gasteiger charge is 2.44. The maximum absolute atomic E-state index is 16.0. The third-order valence-electron chi connectivity index (χ3n) is 12.2. The van der Waals surface area contributed by atoms with Crippen molar-refractivity contribution in [1.82, 2.24) is 0 Å². The molecular weight excluding hydrogens is 753 g/mol. The molecule has 0 unspecified atom stereocenters. The van der Waals surface area contributed by atoms with Gasteiger partial charge in [-0.2, -0.15) is 0 Å². The number of Topliss-reactive ketones (excluding diaryl/α,β-unsaturated/α-hetero) is 2. The Morgan fingerprint density at radius 2 is 0.726 bits per heavy atom. The molecule has 0 aliphatic heterocycles. The summed E-state index contributed by atoms with van der Waals surface area (Å²) in [5, 5.41) is 1.90.